The van der Waals surface area contributed by atoms with Gasteiger partial charge in [-0.2, -0.15) is 0 Å². The quantitative estimate of drug-likeness (QED) is 0.857. The van der Waals surface area contributed by atoms with Gasteiger partial charge >= 0.3 is 0 Å². The molecule has 6 heteroatoms. The van der Waals surface area contributed by atoms with Crippen molar-refractivity contribution in [1.29, 1.82) is 0 Å². The van der Waals surface area contributed by atoms with Gasteiger partial charge in [-0.3, -0.25) is 4.79 Å². The van der Waals surface area contributed by atoms with E-state index in [1.54, 1.807) is 0 Å². The van der Waals surface area contributed by atoms with E-state index < -0.39 is 5.82 Å². The summed E-state index contributed by atoms with van der Waals surface area (Å²) in [5.41, 5.74) is 0.257. The highest BCUT2D eigenvalue weighted by Gasteiger charge is 2.22. The van der Waals surface area contributed by atoms with Crippen LogP contribution in [0.15, 0.2) is 12.3 Å². The third kappa shape index (κ3) is 3.45. The number of hydrogen-bond donors (Lipinski definition) is 2. The number of likely N-dealkylation sites (N-methyl/N-ethyl adjacent to an activating group) is 1. The predicted octanol–water partition coefficient (Wildman–Crippen LogP) is 1.48. The van der Waals surface area contributed by atoms with Crippen LogP contribution in [0.4, 0.5) is 10.2 Å². The van der Waals surface area contributed by atoms with Crippen molar-refractivity contribution in [3.63, 3.8) is 0 Å². The average molecular weight is 280 g/mol. The van der Waals surface area contributed by atoms with Crippen molar-refractivity contribution in [3.05, 3.63) is 23.6 Å². The van der Waals surface area contributed by atoms with Crippen LogP contribution in [0, 0.1) is 5.82 Å². The first-order chi connectivity index (χ1) is 9.61. The third-order valence-corrected chi connectivity index (χ3v) is 3.61. The van der Waals surface area contributed by atoms with Crippen molar-refractivity contribution in [2.24, 2.45) is 0 Å². The molecule has 1 atom stereocenters. The number of aromatic nitrogens is 1. The van der Waals surface area contributed by atoms with Crippen LogP contribution < -0.4 is 10.6 Å². The number of likely N-dealkylation sites (tertiary alicyclic amines) is 1. The summed E-state index contributed by atoms with van der Waals surface area (Å²) in [6, 6.07) is 1.58. The van der Waals surface area contributed by atoms with E-state index in [2.05, 4.69) is 27.6 Å². The van der Waals surface area contributed by atoms with Crippen LogP contribution in [0.5, 0.6) is 0 Å². The summed E-state index contributed by atoms with van der Waals surface area (Å²) < 4.78 is 13.3. The number of hydrogen-bond acceptors (Lipinski definition) is 4. The van der Waals surface area contributed by atoms with E-state index in [0.29, 0.717) is 24.9 Å². The number of nitrogens with zero attached hydrogens (tertiary/aromatic N) is 2. The molecule has 1 saturated heterocycles. The lowest BCUT2D eigenvalue weighted by atomic mass is 10.2. The maximum atomic E-state index is 13.3. The predicted molar refractivity (Wildman–Crippen MR) is 76.3 cm³/mol. The fraction of sp³-hybridized carbons (Fsp3) is 0.571. The number of carbonyl (C=O) groups is 1. The maximum Gasteiger partial charge on any atom is 0.255 e. The molecule has 2 N–H and O–H groups in total. The van der Waals surface area contributed by atoms with Gasteiger partial charge in [0.1, 0.15) is 11.6 Å². The summed E-state index contributed by atoms with van der Waals surface area (Å²) >= 11 is 0. The van der Waals surface area contributed by atoms with E-state index >= 15 is 0 Å². The summed E-state index contributed by atoms with van der Waals surface area (Å²) in [5.74, 6) is -0.366. The van der Waals surface area contributed by atoms with Crippen LogP contribution in [-0.4, -0.2) is 48.5 Å². The highest BCUT2D eigenvalue weighted by molar-refractivity contribution is 5.98. The summed E-state index contributed by atoms with van der Waals surface area (Å²) in [5, 5.41) is 5.84. The Morgan fingerprint density at radius 3 is 3.05 bits per heavy atom. The molecular formula is C14H21FN4O. The van der Waals surface area contributed by atoms with E-state index in [0.717, 1.165) is 25.6 Å². The molecule has 2 heterocycles. The highest BCUT2D eigenvalue weighted by atomic mass is 19.1. The molecule has 1 unspecified atom stereocenters. The molecule has 0 aromatic carbocycles. The molecule has 1 fully saturated rings. The number of amides is 1. The van der Waals surface area contributed by atoms with Crippen LogP contribution in [0.25, 0.3) is 0 Å². The van der Waals surface area contributed by atoms with E-state index in [-0.39, 0.29) is 11.5 Å². The normalized spacial score (nSPS) is 19.1. The maximum absolute atomic E-state index is 13.3. The molecule has 1 aromatic rings. The van der Waals surface area contributed by atoms with Crippen molar-refractivity contribution in [2.75, 3.05) is 32.0 Å². The molecule has 0 aliphatic carbocycles. The number of rotatable bonds is 5. The fourth-order valence-electron chi connectivity index (χ4n) is 2.46. The minimum absolute atomic E-state index is 0.257. The van der Waals surface area contributed by atoms with Gasteiger partial charge in [-0.1, -0.05) is 0 Å². The van der Waals surface area contributed by atoms with Gasteiger partial charge in [0.2, 0.25) is 0 Å². The van der Waals surface area contributed by atoms with E-state index in [4.69, 9.17) is 0 Å². The van der Waals surface area contributed by atoms with Gasteiger partial charge in [0.25, 0.3) is 5.91 Å². The molecule has 5 nitrogen and oxygen atoms in total. The Kier molecular flexibility index (Phi) is 4.89. The Hall–Kier alpha value is -1.69. The molecular weight excluding hydrogens is 259 g/mol. The zero-order valence-corrected chi connectivity index (χ0v) is 11.9. The van der Waals surface area contributed by atoms with Crippen molar-refractivity contribution in [1.82, 2.24) is 15.2 Å². The minimum atomic E-state index is -0.505. The zero-order chi connectivity index (χ0) is 14.5. The standard InChI is InChI=1S/C14H21FN4O/c1-3-16-13-12(7-10(15)8-17-13)14(20)18-9-11-5-4-6-19(11)2/h7-8,11H,3-6,9H2,1-2H3,(H,16,17)(H,18,20). The molecule has 20 heavy (non-hydrogen) atoms. The molecule has 0 radical (unpaired) electrons. The molecule has 1 aliphatic rings. The Bertz CT molecular complexity index is 480. The van der Waals surface area contributed by atoms with Crippen LogP contribution >= 0.6 is 0 Å². The molecule has 0 spiro atoms. The first-order valence-electron chi connectivity index (χ1n) is 6.99. The van der Waals surface area contributed by atoms with Gasteiger partial charge in [0.05, 0.1) is 11.8 Å². The summed E-state index contributed by atoms with van der Waals surface area (Å²) in [4.78, 5) is 18.3. The Balaban J connectivity index is 2.02. The van der Waals surface area contributed by atoms with Gasteiger partial charge in [-0.25, -0.2) is 9.37 Å². The first kappa shape index (κ1) is 14.7. The van der Waals surface area contributed by atoms with E-state index in [1.807, 2.05) is 6.92 Å². The number of carbonyl (C=O) groups excluding carboxylic acids is 1. The molecule has 0 bridgehead atoms. The number of pyridine rings is 1. The number of halogens is 1. The lowest BCUT2D eigenvalue weighted by Gasteiger charge is -2.20. The molecule has 0 saturated carbocycles. The second-order valence-corrected chi connectivity index (χ2v) is 5.07. The summed E-state index contributed by atoms with van der Waals surface area (Å²) in [6.45, 7) is 4.17. The van der Waals surface area contributed by atoms with Crippen molar-refractivity contribution in [3.8, 4) is 0 Å². The molecule has 110 valence electrons. The lowest BCUT2D eigenvalue weighted by molar-refractivity contribution is 0.0943. The van der Waals surface area contributed by atoms with Gasteiger partial charge in [0.15, 0.2) is 0 Å². The topological polar surface area (TPSA) is 57.3 Å². The number of nitrogens with one attached hydrogen (secondary N) is 2. The molecule has 1 aliphatic heterocycles. The Morgan fingerprint density at radius 1 is 1.60 bits per heavy atom. The number of anilines is 1. The van der Waals surface area contributed by atoms with Gasteiger partial charge < -0.3 is 15.5 Å². The van der Waals surface area contributed by atoms with E-state index in [9.17, 15) is 9.18 Å². The molecule has 1 aromatic heterocycles. The van der Waals surface area contributed by atoms with Crippen molar-refractivity contribution < 1.29 is 9.18 Å². The second kappa shape index (κ2) is 6.65. The average Bonchev–Trinajstić information content (AvgIpc) is 2.84. The van der Waals surface area contributed by atoms with Crippen LogP contribution in [0.1, 0.15) is 30.1 Å². The third-order valence-electron chi connectivity index (χ3n) is 3.61. The summed E-state index contributed by atoms with van der Waals surface area (Å²) in [6.07, 6.45) is 3.35. The minimum Gasteiger partial charge on any atom is -0.370 e. The Labute approximate surface area is 118 Å². The van der Waals surface area contributed by atoms with Gasteiger partial charge in [0, 0.05) is 19.1 Å². The largest absolute Gasteiger partial charge is 0.370 e. The zero-order valence-electron chi connectivity index (χ0n) is 11.9. The first-order valence-corrected chi connectivity index (χ1v) is 6.99. The van der Waals surface area contributed by atoms with Crippen LogP contribution in [0.2, 0.25) is 0 Å². The van der Waals surface area contributed by atoms with Gasteiger partial charge in [-0.15, -0.1) is 0 Å². The smallest absolute Gasteiger partial charge is 0.255 e. The van der Waals surface area contributed by atoms with Crippen molar-refractivity contribution in [2.45, 2.75) is 25.8 Å². The second-order valence-electron chi connectivity index (χ2n) is 5.07. The fourth-order valence-corrected chi connectivity index (χ4v) is 2.46. The van der Waals surface area contributed by atoms with Crippen LogP contribution in [-0.2, 0) is 0 Å². The Morgan fingerprint density at radius 2 is 2.40 bits per heavy atom. The molecule has 2 rings (SSSR count). The SMILES string of the molecule is CCNc1ncc(F)cc1C(=O)NCC1CCCN1C. The highest BCUT2D eigenvalue weighted by Crippen LogP contribution is 2.16. The lowest BCUT2D eigenvalue weighted by Crippen LogP contribution is -2.38. The molecule has 1 amide bonds. The van der Waals surface area contributed by atoms with Crippen molar-refractivity contribution >= 4 is 11.7 Å². The van der Waals surface area contributed by atoms with E-state index in [1.165, 1.54) is 6.07 Å². The summed E-state index contributed by atoms with van der Waals surface area (Å²) in [7, 11) is 2.05. The van der Waals surface area contributed by atoms with Crippen LogP contribution in [0.3, 0.4) is 0 Å². The monoisotopic (exact) mass is 280 g/mol. The van der Waals surface area contributed by atoms with Gasteiger partial charge in [-0.05, 0) is 39.4 Å².